The minimum absolute atomic E-state index is 1.53. The average molecular weight is 262 g/mol. The molecular formula is CHAsCl4O2. The molecule has 0 radical (unpaired) electrons. The van der Waals surface area contributed by atoms with Crippen LogP contribution in [0, 0.1) is 0 Å². The van der Waals surface area contributed by atoms with Crippen LogP contribution in [-0.4, -0.2) is 18.5 Å². The van der Waals surface area contributed by atoms with E-state index in [0.29, 0.717) is 0 Å². The summed E-state index contributed by atoms with van der Waals surface area (Å²) in [4.78, 5) is 9.89. The van der Waals surface area contributed by atoms with Crippen molar-refractivity contribution in [3.05, 3.63) is 0 Å². The third-order valence-corrected chi connectivity index (χ3v) is 4.51. The van der Waals surface area contributed by atoms with E-state index in [1.165, 1.54) is 0 Å². The van der Waals surface area contributed by atoms with Gasteiger partial charge in [0.2, 0.25) is 0 Å². The van der Waals surface area contributed by atoms with Gasteiger partial charge in [-0.1, -0.05) is 0 Å². The number of rotatable bonds is 1. The monoisotopic (exact) mass is 260 g/mol. The maximum atomic E-state index is 9.89. The standard InChI is InChI=1S/CHAsCl4O2/c3-2(4,5,6)1(7)8/h(H,7,8). The van der Waals surface area contributed by atoms with Gasteiger partial charge in [-0.3, -0.25) is 0 Å². The summed E-state index contributed by atoms with van der Waals surface area (Å²) in [5.74, 6) is 0. The van der Waals surface area contributed by atoms with Crippen LogP contribution in [0.15, 0.2) is 0 Å². The van der Waals surface area contributed by atoms with E-state index in [0.717, 1.165) is 0 Å². The fraction of sp³-hybridized carbons (Fsp3) is 0. The molecule has 0 heterocycles. The minimum atomic E-state index is -4.86. The molecule has 0 unspecified atom stereocenters. The summed E-state index contributed by atoms with van der Waals surface area (Å²) in [6.07, 6.45) is 0. The number of halogens is 4. The number of hydrogen-bond donors (Lipinski definition) is 1. The Morgan fingerprint density at radius 1 is 1.25 bits per heavy atom. The summed E-state index contributed by atoms with van der Waals surface area (Å²) < 4.78 is -1.53. The van der Waals surface area contributed by atoms with E-state index in [1.54, 1.807) is 0 Å². The van der Waals surface area contributed by atoms with Gasteiger partial charge in [-0.2, -0.15) is 0 Å². The molecule has 8 heavy (non-hydrogen) atoms. The molecule has 0 amide bonds. The molecule has 0 fully saturated rings. The predicted octanol–water partition coefficient (Wildman–Crippen LogP) is 2.59. The summed E-state index contributed by atoms with van der Waals surface area (Å²) in [5.41, 5.74) is 0. The zero-order chi connectivity index (χ0) is 7.02. The SMILES string of the molecule is O=C(O)[As](Cl)(Cl)(Cl)Cl. The summed E-state index contributed by atoms with van der Waals surface area (Å²) in [6, 6.07) is 0. The quantitative estimate of drug-likeness (QED) is 0.737. The first kappa shape index (κ1) is 9.19. The molecule has 0 aromatic rings. The molecule has 1 N–H and O–H groups in total. The van der Waals surface area contributed by atoms with Crippen molar-refractivity contribution in [3.8, 4) is 0 Å². The Balaban J connectivity index is 4.38. The second-order valence-electron chi connectivity index (χ2n) is 1.00. The Kier molecular flexibility index (Phi) is 2.41. The second-order valence-corrected chi connectivity index (χ2v) is 24.3. The average Bonchev–Trinajstić information content (AvgIpc) is 1.27. The Hall–Kier alpha value is 1.19. The van der Waals surface area contributed by atoms with Crippen molar-refractivity contribution < 1.29 is 9.90 Å². The van der Waals surface area contributed by atoms with Crippen LogP contribution in [0.1, 0.15) is 0 Å². The third-order valence-electron chi connectivity index (χ3n) is 0.289. The first-order valence-electron chi connectivity index (χ1n) is 1.33. The molecule has 0 aliphatic heterocycles. The number of carbonyl (C=O) groups is 1. The normalized spacial score (nSPS) is 16.8. The molecule has 0 bridgehead atoms. The molecule has 0 rings (SSSR count). The van der Waals surface area contributed by atoms with E-state index in [1.807, 2.05) is 0 Å². The zero-order valence-electron chi connectivity index (χ0n) is 3.31. The molecule has 0 aromatic carbocycles. The second kappa shape index (κ2) is 2.10. The molecule has 0 spiro atoms. The fourth-order valence-electron chi connectivity index (χ4n) is 0. The van der Waals surface area contributed by atoms with Gasteiger partial charge in [0.1, 0.15) is 0 Å². The molecule has 0 aromatic heterocycles. The Labute approximate surface area is 62.9 Å². The Morgan fingerprint density at radius 3 is 1.38 bits per heavy atom. The van der Waals surface area contributed by atoms with Crippen LogP contribution >= 0.6 is 39.8 Å². The van der Waals surface area contributed by atoms with Crippen molar-refractivity contribution in [2.75, 3.05) is 0 Å². The molecule has 0 aliphatic rings. The van der Waals surface area contributed by atoms with Crippen molar-refractivity contribution in [1.29, 1.82) is 0 Å². The van der Waals surface area contributed by atoms with E-state index < -0.39 is 13.4 Å². The molecule has 50 valence electrons. The van der Waals surface area contributed by atoms with Crippen LogP contribution in [0.25, 0.3) is 0 Å². The van der Waals surface area contributed by atoms with Crippen molar-refractivity contribution >= 4 is 53.2 Å². The Morgan fingerprint density at radius 2 is 1.38 bits per heavy atom. The van der Waals surface area contributed by atoms with Crippen molar-refractivity contribution in [2.45, 2.75) is 0 Å². The van der Waals surface area contributed by atoms with Crippen molar-refractivity contribution in [1.82, 2.24) is 0 Å². The van der Waals surface area contributed by atoms with Crippen LogP contribution in [0.4, 0.5) is 4.79 Å². The zero-order valence-corrected chi connectivity index (χ0v) is 8.21. The van der Waals surface area contributed by atoms with Crippen LogP contribution < -0.4 is 0 Å². The van der Waals surface area contributed by atoms with Gasteiger partial charge < -0.3 is 0 Å². The van der Waals surface area contributed by atoms with E-state index in [9.17, 15) is 4.79 Å². The van der Waals surface area contributed by atoms with Crippen LogP contribution in [0.5, 0.6) is 0 Å². The van der Waals surface area contributed by atoms with Gasteiger partial charge in [0.25, 0.3) is 0 Å². The first-order chi connectivity index (χ1) is 3.20. The van der Waals surface area contributed by atoms with E-state index >= 15 is 0 Å². The van der Waals surface area contributed by atoms with Gasteiger partial charge in [0, 0.05) is 0 Å². The third kappa shape index (κ3) is 3.26. The molecule has 0 aliphatic carbocycles. The predicted molar refractivity (Wildman–Crippen MR) is 37.2 cm³/mol. The van der Waals surface area contributed by atoms with Gasteiger partial charge in [-0.25, -0.2) is 0 Å². The Bertz CT molecular complexity index is 114. The molecule has 0 saturated heterocycles. The summed E-state index contributed by atoms with van der Waals surface area (Å²) in [6.45, 7) is 0. The number of carboxylic acid groups (broad SMARTS) is 1. The van der Waals surface area contributed by atoms with Gasteiger partial charge in [-0.05, 0) is 0 Å². The van der Waals surface area contributed by atoms with Crippen molar-refractivity contribution in [3.63, 3.8) is 0 Å². The van der Waals surface area contributed by atoms with Gasteiger partial charge in [0.15, 0.2) is 0 Å². The fourth-order valence-corrected chi connectivity index (χ4v) is 0. The van der Waals surface area contributed by atoms with E-state index in [-0.39, 0.29) is 0 Å². The van der Waals surface area contributed by atoms with Crippen LogP contribution in [-0.2, 0) is 0 Å². The van der Waals surface area contributed by atoms with E-state index in [4.69, 9.17) is 44.9 Å². The van der Waals surface area contributed by atoms with Gasteiger partial charge >= 0.3 is 63.1 Å². The molecule has 0 atom stereocenters. The first-order valence-corrected chi connectivity index (χ1v) is 12.1. The van der Waals surface area contributed by atoms with Crippen molar-refractivity contribution in [2.24, 2.45) is 0 Å². The van der Waals surface area contributed by atoms with Gasteiger partial charge in [-0.15, -0.1) is 0 Å². The topological polar surface area (TPSA) is 37.3 Å². The summed E-state index contributed by atoms with van der Waals surface area (Å²) in [5, 5.41) is 8.06. The maximum absolute atomic E-state index is 9.89. The molecule has 0 saturated carbocycles. The molecule has 2 nitrogen and oxygen atoms in total. The molecule has 7 heteroatoms. The van der Waals surface area contributed by atoms with Crippen LogP contribution in [0.3, 0.4) is 0 Å². The summed E-state index contributed by atoms with van der Waals surface area (Å²) in [7, 11) is 15.1. The summed E-state index contributed by atoms with van der Waals surface area (Å²) >= 11 is 0. The van der Waals surface area contributed by atoms with E-state index in [2.05, 4.69) is 0 Å². The van der Waals surface area contributed by atoms with Crippen LogP contribution in [0.2, 0.25) is 0 Å². The number of hydrogen-bond acceptors (Lipinski definition) is 1. The molecular weight excluding hydrogens is 261 g/mol. The van der Waals surface area contributed by atoms with Gasteiger partial charge in [0.05, 0.1) is 0 Å².